The number of halogens is 2. The number of allylic oxidation sites excluding steroid dienone is 3. The first kappa shape index (κ1) is 32.3. The van der Waals surface area contributed by atoms with Gasteiger partial charge in [-0.15, -0.1) is 0 Å². The molecule has 1 unspecified atom stereocenters. The summed E-state index contributed by atoms with van der Waals surface area (Å²) >= 11 is 5.93. The maximum Gasteiger partial charge on any atom is 0.261 e. The van der Waals surface area contributed by atoms with E-state index in [0.717, 1.165) is 37.3 Å². The second-order valence-electron chi connectivity index (χ2n) is 10.7. The van der Waals surface area contributed by atoms with Crippen LogP contribution in [0.15, 0.2) is 70.3 Å². The standard InChI is InChI=1S/C20H18ClFN4O2.C13H20N2O2/c21-12-3-4-13(15(22)10-12)18-19-14(20(27)26-5-1-2-16(26)23-19)11-17(24-18)25-6-8-28-9-7-25;1-16-12-5-2-6-13(17-10-3-7-12)11-15-9-4-8-14/h3-4,10-11H,1-2,5-9H2;3-5,7-9,13H,2,6,10-11,14H2,1H3/b;7-3-,8-4-,12-5+,15-9?. The number of rotatable bonds is 6. The Bertz CT molecular complexity index is 1670. The molecule has 1 atom stereocenters. The lowest BCUT2D eigenvalue weighted by Crippen LogP contribution is -2.37. The minimum Gasteiger partial charge on any atom is -0.497 e. The first-order valence-corrected chi connectivity index (χ1v) is 15.5. The lowest BCUT2D eigenvalue weighted by Gasteiger charge is -2.28. The van der Waals surface area contributed by atoms with Crippen LogP contribution in [-0.4, -0.2) is 73.4 Å². The molecule has 0 saturated carbocycles. The number of hydrogen-bond donors (Lipinski definition) is 1. The van der Waals surface area contributed by atoms with Crippen molar-refractivity contribution >= 4 is 34.5 Å². The zero-order chi connectivity index (χ0) is 31.6. The second-order valence-corrected chi connectivity index (χ2v) is 11.1. The van der Waals surface area contributed by atoms with Crippen molar-refractivity contribution in [1.29, 1.82) is 0 Å². The predicted octanol–water partition coefficient (Wildman–Crippen LogP) is 4.83. The van der Waals surface area contributed by atoms with Gasteiger partial charge in [-0.2, -0.15) is 0 Å². The smallest absolute Gasteiger partial charge is 0.261 e. The topological polar surface area (TPSA) is 117 Å². The van der Waals surface area contributed by atoms with E-state index in [-0.39, 0.29) is 11.7 Å². The summed E-state index contributed by atoms with van der Waals surface area (Å²) in [7, 11) is 1.68. The average molecular weight is 637 g/mol. The number of pyridine rings is 1. The van der Waals surface area contributed by atoms with Crippen LogP contribution in [0.4, 0.5) is 10.2 Å². The molecule has 1 aromatic carbocycles. The first-order chi connectivity index (χ1) is 22.0. The third-order valence-corrected chi connectivity index (χ3v) is 7.94. The SMILES string of the molecule is COC1=C/CCC(CN=C/C=C\N)OC/C=C\1.O=c1c2cc(N3CCOCC3)nc(-c3ccc(Cl)cc3F)c2nc2n1CCC2. The highest BCUT2D eigenvalue weighted by molar-refractivity contribution is 6.30. The minimum absolute atomic E-state index is 0.0926. The van der Waals surface area contributed by atoms with Crippen molar-refractivity contribution in [3.63, 3.8) is 0 Å². The van der Waals surface area contributed by atoms with Gasteiger partial charge in [0, 0.05) is 42.9 Å². The molecule has 0 radical (unpaired) electrons. The van der Waals surface area contributed by atoms with Crippen molar-refractivity contribution in [1.82, 2.24) is 14.5 Å². The predicted molar refractivity (Wildman–Crippen MR) is 175 cm³/mol. The zero-order valence-electron chi connectivity index (χ0n) is 25.3. The van der Waals surface area contributed by atoms with E-state index in [1.54, 1.807) is 42.2 Å². The molecule has 2 N–H and O–H groups in total. The van der Waals surface area contributed by atoms with Crippen LogP contribution in [-0.2, 0) is 27.2 Å². The van der Waals surface area contributed by atoms with Crippen LogP contribution in [0.5, 0.6) is 0 Å². The van der Waals surface area contributed by atoms with Gasteiger partial charge < -0.3 is 24.8 Å². The zero-order valence-corrected chi connectivity index (χ0v) is 26.1. The van der Waals surface area contributed by atoms with E-state index in [1.807, 2.05) is 12.2 Å². The number of aromatic nitrogens is 3. The summed E-state index contributed by atoms with van der Waals surface area (Å²) in [4.78, 5) is 28.8. The van der Waals surface area contributed by atoms with E-state index in [1.165, 1.54) is 12.3 Å². The quantitative estimate of drug-likeness (QED) is 0.383. The third kappa shape index (κ3) is 8.16. The highest BCUT2D eigenvalue weighted by Gasteiger charge is 2.23. The number of morpholine rings is 1. The lowest BCUT2D eigenvalue weighted by atomic mass is 10.1. The number of nitrogens with two attached hydrogens (primary N) is 1. The Labute approximate surface area is 266 Å². The number of anilines is 1. The lowest BCUT2D eigenvalue weighted by molar-refractivity contribution is 0.0757. The maximum absolute atomic E-state index is 14.7. The summed E-state index contributed by atoms with van der Waals surface area (Å²) in [5.74, 6) is 1.78. The van der Waals surface area contributed by atoms with Gasteiger partial charge in [-0.3, -0.25) is 14.4 Å². The number of ether oxygens (including phenoxy) is 3. The number of aryl methyl sites for hydroxylation is 1. The van der Waals surface area contributed by atoms with Crippen LogP contribution in [0.25, 0.3) is 22.2 Å². The summed E-state index contributed by atoms with van der Waals surface area (Å²) < 4.78 is 32.8. The van der Waals surface area contributed by atoms with E-state index in [0.29, 0.717) is 79.0 Å². The number of aliphatic imine (C=N–C) groups is 1. The van der Waals surface area contributed by atoms with Crippen molar-refractivity contribution in [3.05, 3.63) is 87.5 Å². The van der Waals surface area contributed by atoms with Crippen molar-refractivity contribution in [2.45, 2.75) is 38.3 Å². The molecular formula is C33H38ClFN6O4. The highest BCUT2D eigenvalue weighted by Crippen LogP contribution is 2.32. The van der Waals surface area contributed by atoms with Gasteiger partial charge in [-0.05, 0) is 68.0 Å². The van der Waals surface area contributed by atoms with Gasteiger partial charge in [0.15, 0.2) is 0 Å². The number of benzene rings is 1. The minimum atomic E-state index is -0.483. The molecule has 0 aliphatic carbocycles. The molecule has 238 valence electrons. The van der Waals surface area contributed by atoms with Crippen LogP contribution in [0.3, 0.4) is 0 Å². The molecule has 0 amide bonds. The van der Waals surface area contributed by atoms with Crippen molar-refractivity contribution in [2.75, 3.05) is 51.5 Å². The van der Waals surface area contributed by atoms with Gasteiger partial charge in [0.2, 0.25) is 0 Å². The molecule has 5 heterocycles. The Hall–Kier alpha value is -4.06. The second kappa shape index (κ2) is 15.8. The number of nitrogens with zero attached hydrogens (tertiary/aromatic N) is 5. The summed E-state index contributed by atoms with van der Waals surface area (Å²) in [5.41, 5.74) is 6.23. The van der Waals surface area contributed by atoms with Crippen LogP contribution in [0.1, 0.15) is 25.1 Å². The summed E-state index contributed by atoms with van der Waals surface area (Å²) in [6.45, 7) is 4.43. The Balaban J connectivity index is 0.000000203. The molecule has 0 spiro atoms. The van der Waals surface area contributed by atoms with Crippen LogP contribution < -0.4 is 16.2 Å². The molecule has 45 heavy (non-hydrogen) atoms. The fourth-order valence-corrected chi connectivity index (χ4v) is 5.56. The van der Waals surface area contributed by atoms with Crippen LogP contribution >= 0.6 is 11.6 Å². The van der Waals surface area contributed by atoms with Gasteiger partial charge in [0.05, 0.1) is 45.0 Å². The van der Waals surface area contributed by atoms with E-state index in [9.17, 15) is 9.18 Å². The van der Waals surface area contributed by atoms with Gasteiger partial charge in [0.25, 0.3) is 5.56 Å². The fourth-order valence-electron chi connectivity index (χ4n) is 5.40. The molecule has 3 aromatic rings. The monoisotopic (exact) mass is 636 g/mol. The molecule has 12 heteroatoms. The van der Waals surface area contributed by atoms with E-state index in [4.69, 9.17) is 41.5 Å². The van der Waals surface area contributed by atoms with Gasteiger partial charge in [0.1, 0.15) is 34.4 Å². The Morgan fingerprint density at radius 2 is 2.07 bits per heavy atom. The molecule has 2 aromatic heterocycles. The average Bonchev–Trinajstić information content (AvgIpc) is 3.57. The first-order valence-electron chi connectivity index (χ1n) is 15.1. The van der Waals surface area contributed by atoms with Gasteiger partial charge in [-0.1, -0.05) is 17.7 Å². The Morgan fingerprint density at radius 1 is 1.22 bits per heavy atom. The molecule has 3 aliphatic rings. The van der Waals surface area contributed by atoms with E-state index >= 15 is 0 Å². The normalized spacial score (nSPS) is 20.6. The molecule has 0 bridgehead atoms. The largest absolute Gasteiger partial charge is 0.497 e. The molecule has 1 fully saturated rings. The van der Waals surface area contributed by atoms with Gasteiger partial charge in [-0.25, -0.2) is 14.4 Å². The summed E-state index contributed by atoms with van der Waals surface area (Å²) in [5, 5.41) is 0.773. The summed E-state index contributed by atoms with van der Waals surface area (Å²) in [6, 6.07) is 6.25. The van der Waals surface area contributed by atoms with Crippen molar-refractivity contribution in [3.8, 4) is 11.3 Å². The van der Waals surface area contributed by atoms with Crippen LogP contribution in [0, 0.1) is 5.82 Å². The third-order valence-electron chi connectivity index (χ3n) is 7.70. The number of methoxy groups -OCH3 is 1. The highest BCUT2D eigenvalue weighted by atomic mass is 35.5. The fraction of sp³-hybridized carbons (Fsp3) is 0.394. The van der Waals surface area contributed by atoms with Crippen molar-refractivity contribution < 1.29 is 18.6 Å². The summed E-state index contributed by atoms with van der Waals surface area (Å²) in [6.07, 6.45) is 14.5. The number of hydrogen-bond acceptors (Lipinski definition) is 9. The molecule has 6 rings (SSSR count). The molecular weight excluding hydrogens is 599 g/mol. The Morgan fingerprint density at radius 3 is 2.84 bits per heavy atom. The van der Waals surface area contributed by atoms with Crippen LogP contribution in [0.2, 0.25) is 5.02 Å². The molecule has 1 saturated heterocycles. The Kier molecular flexibility index (Phi) is 11.3. The van der Waals surface area contributed by atoms with Gasteiger partial charge >= 0.3 is 0 Å². The molecule has 3 aliphatic heterocycles. The number of fused-ring (bicyclic) bond motifs is 2. The van der Waals surface area contributed by atoms with E-state index < -0.39 is 5.82 Å². The molecule has 10 nitrogen and oxygen atoms in total. The maximum atomic E-state index is 14.7. The van der Waals surface area contributed by atoms with E-state index in [2.05, 4.69) is 16.0 Å². The van der Waals surface area contributed by atoms with Crippen molar-refractivity contribution in [2.24, 2.45) is 10.7 Å².